The summed E-state index contributed by atoms with van der Waals surface area (Å²) in [5, 5.41) is 23.2. The van der Waals surface area contributed by atoms with Gasteiger partial charge in [0.25, 0.3) is 5.69 Å². The Balaban J connectivity index is 1.94. The lowest BCUT2D eigenvalue weighted by atomic mass is 10.1. The van der Waals surface area contributed by atoms with Crippen molar-refractivity contribution in [2.24, 2.45) is 0 Å². The third kappa shape index (κ3) is 3.05. The van der Waals surface area contributed by atoms with Crippen LogP contribution in [0.1, 0.15) is 12.8 Å². The Kier molecular flexibility index (Phi) is 4.15. The number of carbonyl (C=O) groups is 1. The molecule has 0 spiro atoms. The summed E-state index contributed by atoms with van der Waals surface area (Å²) in [7, 11) is 0. The van der Waals surface area contributed by atoms with E-state index < -0.39 is 16.9 Å². The second kappa shape index (κ2) is 6.64. The summed E-state index contributed by atoms with van der Waals surface area (Å²) in [5.41, 5.74) is 1.78. The molecule has 0 radical (unpaired) electrons. The van der Waals surface area contributed by atoms with Gasteiger partial charge in [0.1, 0.15) is 0 Å². The molecule has 0 amide bonds. The SMILES string of the molecule is O=C([O-])[C@H]1CCCN1c1nc(-c2ccccc2)c2cc([N+](=O)[O-])ccc2n1. The van der Waals surface area contributed by atoms with E-state index in [-0.39, 0.29) is 5.69 Å². The third-order valence-electron chi connectivity index (χ3n) is 4.71. The molecule has 0 N–H and O–H groups in total. The molecule has 2 heterocycles. The number of nitro groups is 1. The number of hydrogen-bond donors (Lipinski definition) is 0. The molecule has 1 atom stereocenters. The van der Waals surface area contributed by atoms with Crippen LogP contribution in [0, 0.1) is 10.1 Å². The van der Waals surface area contributed by atoms with Crippen molar-refractivity contribution < 1.29 is 14.8 Å². The predicted octanol–water partition coefficient (Wildman–Crippen LogP) is 1.92. The number of rotatable bonds is 4. The topological polar surface area (TPSA) is 112 Å². The summed E-state index contributed by atoms with van der Waals surface area (Å²) in [6.07, 6.45) is 1.19. The molecule has 0 unspecified atom stereocenters. The molecule has 8 heteroatoms. The number of hydrogen-bond acceptors (Lipinski definition) is 7. The van der Waals surface area contributed by atoms with Crippen LogP contribution in [0.5, 0.6) is 0 Å². The van der Waals surface area contributed by atoms with Crippen molar-refractivity contribution in [3.63, 3.8) is 0 Å². The molecule has 1 aliphatic heterocycles. The van der Waals surface area contributed by atoms with Crippen molar-refractivity contribution >= 4 is 28.5 Å². The highest BCUT2D eigenvalue weighted by atomic mass is 16.6. The van der Waals surface area contributed by atoms with E-state index in [2.05, 4.69) is 9.97 Å². The van der Waals surface area contributed by atoms with E-state index in [1.54, 1.807) is 11.0 Å². The zero-order valence-electron chi connectivity index (χ0n) is 14.2. The molecule has 3 aromatic rings. The molecule has 1 fully saturated rings. The second-order valence-electron chi connectivity index (χ2n) is 6.37. The Morgan fingerprint density at radius 1 is 1.15 bits per heavy atom. The van der Waals surface area contributed by atoms with Gasteiger partial charge in [-0.3, -0.25) is 10.1 Å². The first-order chi connectivity index (χ1) is 13.0. The van der Waals surface area contributed by atoms with Crippen LogP contribution < -0.4 is 10.0 Å². The number of carboxylic acids is 1. The van der Waals surface area contributed by atoms with E-state index in [1.165, 1.54) is 12.1 Å². The second-order valence-corrected chi connectivity index (χ2v) is 6.37. The van der Waals surface area contributed by atoms with Crippen LogP contribution in [0.2, 0.25) is 0 Å². The molecule has 0 bridgehead atoms. The Hall–Kier alpha value is -3.55. The maximum atomic E-state index is 11.4. The molecule has 27 heavy (non-hydrogen) atoms. The summed E-state index contributed by atoms with van der Waals surface area (Å²) in [5.74, 6) is -0.858. The first-order valence-electron chi connectivity index (χ1n) is 8.54. The summed E-state index contributed by atoms with van der Waals surface area (Å²) in [4.78, 5) is 32.8. The van der Waals surface area contributed by atoms with Crippen LogP contribution in [0.25, 0.3) is 22.2 Å². The standard InChI is InChI=1S/C19H16N4O4/c24-18(25)16-7-4-10-22(16)19-20-15-9-8-13(23(26)27)11-14(15)17(21-19)12-5-2-1-3-6-12/h1-3,5-6,8-9,11,16H,4,7,10H2,(H,24,25)/p-1/t16-/m1/s1. The lowest BCUT2D eigenvalue weighted by Gasteiger charge is -2.26. The van der Waals surface area contributed by atoms with Gasteiger partial charge < -0.3 is 14.8 Å². The van der Waals surface area contributed by atoms with Crippen LogP contribution in [0.15, 0.2) is 48.5 Å². The minimum Gasteiger partial charge on any atom is -0.548 e. The molecule has 4 rings (SSSR count). The molecule has 2 aromatic carbocycles. The van der Waals surface area contributed by atoms with Gasteiger partial charge in [-0.05, 0) is 18.9 Å². The van der Waals surface area contributed by atoms with Crippen LogP contribution in [0.3, 0.4) is 0 Å². The van der Waals surface area contributed by atoms with Crippen LogP contribution in [-0.4, -0.2) is 33.4 Å². The van der Waals surface area contributed by atoms with Gasteiger partial charge in [-0.1, -0.05) is 30.3 Å². The number of nitro benzene ring substituents is 1. The molecule has 0 saturated carbocycles. The quantitative estimate of drug-likeness (QED) is 0.514. The largest absolute Gasteiger partial charge is 0.548 e. The van der Waals surface area contributed by atoms with Gasteiger partial charge >= 0.3 is 0 Å². The Morgan fingerprint density at radius 2 is 1.93 bits per heavy atom. The Morgan fingerprint density at radius 3 is 2.63 bits per heavy atom. The van der Waals surface area contributed by atoms with E-state index >= 15 is 0 Å². The normalized spacial score (nSPS) is 16.6. The molecular weight excluding hydrogens is 348 g/mol. The summed E-state index contributed by atoms with van der Waals surface area (Å²) < 4.78 is 0. The van der Waals surface area contributed by atoms with Crippen LogP contribution in [0.4, 0.5) is 11.6 Å². The van der Waals surface area contributed by atoms with Crippen molar-refractivity contribution in [3.05, 3.63) is 58.6 Å². The van der Waals surface area contributed by atoms with Gasteiger partial charge in [-0.25, -0.2) is 9.97 Å². The molecule has 1 aromatic heterocycles. The van der Waals surface area contributed by atoms with Gasteiger partial charge in [0.05, 0.1) is 28.1 Å². The minimum absolute atomic E-state index is 0.0511. The Labute approximate surface area is 154 Å². The highest BCUT2D eigenvalue weighted by Gasteiger charge is 2.28. The number of non-ortho nitro benzene ring substituents is 1. The zero-order valence-corrected chi connectivity index (χ0v) is 14.2. The number of anilines is 1. The van der Waals surface area contributed by atoms with Crippen molar-refractivity contribution in [3.8, 4) is 11.3 Å². The van der Waals surface area contributed by atoms with Gasteiger partial charge in [-0.15, -0.1) is 0 Å². The average molecular weight is 363 g/mol. The van der Waals surface area contributed by atoms with Gasteiger partial charge in [0, 0.05) is 29.6 Å². The zero-order chi connectivity index (χ0) is 19.0. The molecular formula is C19H15N4O4-. The van der Waals surface area contributed by atoms with E-state index in [0.717, 1.165) is 5.56 Å². The van der Waals surface area contributed by atoms with Crippen molar-refractivity contribution in [1.82, 2.24) is 9.97 Å². The van der Waals surface area contributed by atoms with Crippen molar-refractivity contribution in [1.29, 1.82) is 0 Å². The summed E-state index contributed by atoms with van der Waals surface area (Å²) in [6.45, 7) is 0.519. The molecule has 0 aliphatic carbocycles. The molecule has 8 nitrogen and oxygen atoms in total. The van der Waals surface area contributed by atoms with Crippen molar-refractivity contribution in [2.75, 3.05) is 11.4 Å². The number of fused-ring (bicyclic) bond motifs is 1. The first kappa shape index (κ1) is 16.9. The van der Waals surface area contributed by atoms with E-state index in [1.807, 2.05) is 30.3 Å². The first-order valence-corrected chi connectivity index (χ1v) is 8.54. The fourth-order valence-electron chi connectivity index (χ4n) is 3.41. The maximum Gasteiger partial charge on any atom is 0.270 e. The van der Waals surface area contributed by atoms with Gasteiger partial charge in [0.15, 0.2) is 0 Å². The average Bonchev–Trinajstić information content (AvgIpc) is 3.17. The van der Waals surface area contributed by atoms with E-state index in [9.17, 15) is 20.0 Å². The summed E-state index contributed by atoms with van der Waals surface area (Å²) >= 11 is 0. The highest BCUT2D eigenvalue weighted by Crippen LogP contribution is 2.32. The fourth-order valence-corrected chi connectivity index (χ4v) is 3.41. The molecule has 1 aliphatic rings. The number of nitrogens with zero attached hydrogens (tertiary/aromatic N) is 4. The van der Waals surface area contributed by atoms with Crippen LogP contribution >= 0.6 is 0 Å². The van der Waals surface area contributed by atoms with E-state index in [4.69, 9.17) is 0 Å². The van der Waals surface area contributed by atoms with E-state index in [0.29, 0.717) is 41.9 Å². The smallest absolute Gasteiger partial charge is 0.270 e. The number of aliphatic carboxylic acids is 1. The monoisotopic (exact) mass is 363 g/mol. The maximum absolute atomic E-state index is 11.4. The van der Waals surface area contributed by atoms with Crippen LogP contribution in [-0.2, 0) is 4.79 Å². The van der Waals surface area contributed by atoms with Gasteiger partial charge in [-0.2, -0.15) is 0 Å². The third-order valence-corrected chi connectivity index (χ3v) is 4.71. The molecule has 136 valence electrons. The fraction of sp³-hybridized carbons (Fsp3) is 0.211. The summed E-state index contributed by atoms with van der Waals surface area (Å²) in [6, 6.07) is 12.9. The lowest BCUT2D eigenvalue weighted by Crippen LogP contribution is -2.45. The Bertz CT molecular complexity index is 1040. The number of carbonyl (C=O) groups excluding carboxylic acids is 1. The predicted molar refractivity (Wildman–Crippen MR) is 97.0 cm³/mol. The number of carboxylic acid groups (broad SMARTS) is 1. The van der Waals surface area contributed by atoms with Gasteiger partial charge in [0.2, 0.25) is 5.95 Å². The molecule has 1 saturated heterocycles. The number of benzene rings is 2. The lowest BCUT2D eigenvalue weighted by molar-refractivity contribution is -0.384. The minimum atomic E-state index is -1.15. The van der Waals surface area contributed by atoms with Crippen molar-refractivity contribution in [2.45, 2.75) is 18.9 Å². The number of aromatic nitrogens is 2. The highest BCUT2D eigenvalue weighted by molar-refractivity contribution is 5.94.